The molecule has 11 heavy (non-hydrogen) atoms. The molecule has 0 aliphatic heterocycles. The zero-order valence-electron chi connectivity index (χ0n) is 7.14. The van der Waals surface area contributed by atoms with Crippen molar-refractivity contribution in [3.8, 4) is 0 Å². The van der Waals surface area contributed by atoms with E-state index < -0.39 is 0 Å². The molecule has 0 radical (unpaired) electrons. The van der Waals surface area contributed by atoms with Crippen molar-refractivity contribution in [2.24, 2.45) is 0 Å². The summed E-state index contributed by atoms with van der Waals surface area (Å²) in [6.07, 6.45) is 4.21. The zero-order chi connectivity index (χ0) is 8.85. The summed E-state index contributed by atoms with van der Waals surface area (Å²) >= 11 is 0. The molecule has 0 aliphatic rings. The Bertz CT molecular complexity index is 224. The van der Waals surface area contributed by atoms with E-state index in [-0.39, 0.29) is 0 Å². The molecule has 0 amide bonds. The molecule has 0 aromatic carbocycles. The van der Waals surface area contributed by atoms with Crippen LogP contribution in [0.4, 0.5) is 0 Å². The number of aldehydes is 1. The Morgan fingerprint density at radius 2 is 1.91 bits per heavy atom. The lowest BCUT2D eigenvalue weighted by atomic mass is 10.1. The SMILES string of the molecule is C/C=C(C=O)\C(C)=C/C(C)=N. The van der Waals surface area contributed by atoms with E-state index in [0.717, 1.165) is 11.9 Å². The van der Waals surface area contributed by atoms with Crippen molar-refractivity contribution in [1.82, 2.24) is 0 Å². The predicted molar refractivity (Wildman–Crippen MR) is 47.0 cm³/mol. The average Bonchev–Trinajstić information content (AvgIpc) is 1.88. The Morgan fingerprint density at radius 3 is 2.18 bits per heavy atom. The first-order chi connectivity index (χ1) is 5.11. The summed E-state index contributed by atoms with van der Waals surface area (Å²) in [6, 6.07) is 0. The Kier molecular flexibility index (Phi) is 4.11. The van der Waals surface area contributed by atoms with Crippen LogP contribution < -0.4 is 0 Å². The van der Waals surface area contributed by atoms with Crippen molar-refractivity contribution >= 4 is 12.0 Å². The van der Waals surface area contributed by atoms with Gasteiger partial charge in [-0.1, -0.05) is 6.08 Å². The molecule has 0 saturated heterocycles. The van der Waals surface area contributed by atoms with Crippen molar-refractivity contribution in [3.63, 3.8) is 0 Å². The summed E-state index contributed by atoms with van der Waals surface area (Å²) in [5, 5.41) is 7.15. The van der Waals surface area contributed by atoms with Crippen molar-refractivity contribution in [2.75, 3.05) is 0 Å². The molecule has 0 heterocycles. The van der Waals surface area contributed by atoms with Crippen LogP contribution in [0.3, 0.4) is 0 Å². The fraction of sp³-hybridized carbons (Fsp3) is 0.333. The first-order valence-electron chi connectivity index (χ1n) is 3.47. The van der Waals surface area contributed by atoms with E-state index in [1.54, 1.807) is 26.0 Å². The van der Waals surface area contributed by atoms with Crippen LogP contribution in [-0.4, -0.2) is 12.0 Å². The first kappa shape index (κ1) is 9.82. The highest BCUT2D eigenvalue weighted by atomic mass is 16.1. The lowest BCUT2D eigenvalue weighted by Gasteiger charge is -1.96. The number of rotatable bonds is 3. The van der Waals surface area contributed by atoms with E-state index in [1.165, 1.54) is 0 Å². The lowest BCUT2D eigenvalue weighted by Crippen LogP contribution is -1.90. The lowest BCUT2D eigenvalue weighted by molar-refractivity contribution is -0.104. The van der Waals surface area contributed by atoms with Crippen molar-refractivity contribution < 1.29 is 4.79 Å². The Labute approximate surface area is 67.1 Å². The third-order valence-corrected chi connectivity index (χ3v) is 1.33. The topological polar surface area (TPSA) is 40.9 Å². The molecule has 60 valence electrons. The van der Waals surface area contributed by atoms with Crippen LogP contribution in [0.25, 0.3) is 0 Å². The van der Waals surface area contributed by atoms with Crippen LogP contribution >= 0.6 is 0 Å². The number of carbonyl (C=O) groups excluding carboxylic acids is 1. The van der Waals surface area contributed by atoms with Gasteiger partial charge in [0.15, 0.2) is 0 Å². The summed E-state index contributed by atoms with van der Waals surface area (Å²) < 4.78 is 0. The van der Waals surface area contributed by atoms with Crippen LogP contribution in [0.5, 0.6) is 0 Å². The smallest absolute Gasteiger partial charge is 0.149 e. The van der Waals surface area contributed by atoms with Crippen molar-refractivity contribution in [1.29, 1.82) is 5.41 Å². The maximum Gasteiger partial charge on any atom is 0.149 e. The number of nitrogens with one attached hydrogen (secondary N) is 1. The van der Waals surface area contributed by atoms with E-state index in [0.29, 0.717) is 11.3 Å². The molecule has 0 aromatic rings. The minimum absolute atomic E-state index is 0.462. The third kappa shape index (κ3) is 3.50. The molecule has 0 spiro atoms. The van der Waals surface area contributed by atoms with Gasteiger partial charge in [0.2, 0.25) is 0 Å². The highest BCUT2D eigenvalue weighted by molar-refractivity contribution is 5.93. The van der Waals surface area contributed by atoms with Crippen LogP contribution in [-0.2, 0) is 4.79 Å². The summed E-state index contributed by atoms with van der Waals surface area (Å²) in [7, 11) is 0. The van der Waals surface area contributed by atoms with Gasteiger partial charge in [-0.25, -0.2) is 0 Å². The minimum Gasteiger partial charge on any atom is -0.306 e. The first-order valence-corrected chi connectivity index (χ1v) is 3.47. The van der Waals surface area contributed by atoms with Gasteiger partial charge in [-0.05, 0) is 32.4 Å². The monoisotopic (exact) mass is 151 g/mol. The van der Waals surface area contributed by atoms with E-state index in [1.807, 2.05) is 6.92 Å². The average molecular weight is 151 g/mol. The van der Waals surface area contributed by atoms with Crippen molar-refractivity contribution in [3.05, 3.63) is 23.3 Å². The van der Waals surface area contributed by atoms with Gasteiger partial charge in [-0.2, -0.15) is 0 Å². The summed E-state index contributed by atoms with van der Waals surface area (Å²) in [5.74, 6) is 0. The second-order valence-corrected chi connectivity index (χ2v) is 2.37. The van der Waals surface area contributed by atoms with E-state index in [2.05, 4.69) is 0 Å². The van der Waals surface area contributed by atoms with E-state index in [9.17, 15) is 4.79 Å². The van der Waals surface area contributed by atoms with Gasteiger partial charge in [0, 0.05) is 11.3 Å². The third-order valence-electron chi connectivity index (χ3n) is 1.33. The molecule has 0 unspecified atom stereocenters. The van der Waals surface area contributed by atoms with Gasteiger partial charge >= 0.3 is 0 Å². The Balaban J connectivity index is 4.58. The second-order valence-electron chi connectivity index (χ2n) is 2.37. The molecule has 1 N–H and O–H groups in total. The molecule has 0 aliphatic carbocycles. The Morgan fingerprint density at radius 1 is 1.36 bits per heavy atom. The second kappa shape index (κ2) is 4.61. The normalized spacial score (nSPS) is 13.0. The van der Waals surface area contributed by atoms with Crippen molar-refractivity contribution in [2.45, 2.75) is 20.8 Å². The molecule has 0 rings (SSSR count). The van der Waals surface area contributed by atoms with Crippen LogP contribution in [0.2, 0.25) is 0 Å². The zero-order valence-corrected chi connectivity index (χ0v) is 7.14. The molecule has 0 fully saturated rings. The molecule has 0 saturated carbocycles. The molecular weight excluding hydrogens is 138 g/mol. The molecule has 0 atom stereocenters. The molecule has 2 nitrogen and oxygen atoms in total. The number of carbonyl (C=O) groups is 1. The van der Waals surface area contributed by atoms with Crippen LogP contribution in [0, 0.1) is 5.41 Å². The quantitative estimate of drug-likeness (QED) is 0.285. The molecule has 2 heteroatoms. The summed E-state index contributed by atoms with van der Waals surface area (Å²) in [6.45, 7) is 5.31. The molecular formula is C9H13NO. The fourth-order valence-electron chi connectivity index (χ4n) is 0.797. The van der Waals surface area contributed by atoms with Gasteiger partial charge in [0.25, 0.3) is 0 Å². The fourth-order valence-corrected chi connectivity index (χ4v) is 0.797. The summed E-state index contributed by atoms with van der Waals surface area (Å²) in [5.41, 5.74) is 1.95. The largest absolute Gasteiger partial charge is 0.306 e. The van der Waals surface area contributed by atoms with Gasteiger partial charge < -0.3 is 5.41 Å². The molecule has 0 bridgehead atoms. The highest BCUT2D eigenvalue weighted by Crippen LogP contribution is 2.05. The minimum atomic E-state index is 0.462. The van der Waals surface area contributed by atoms with Gasteiger partial charge in [-0.3, -0.25) is 4.79 Å². The van der Waals surface area contributed by atoms with E-state index >= 15 is 0 Å². The van der Waals surface area contributed by atoms with E-state index in [4.69, 9.17) is 5.41 Å². The number of hydrogen-bond donors (Lipinski definition) is 1. The number of hydrogen-bond acceptors (Lipinski definition) is 2. The summed E-state index contributed by atoms with van der Waals surface area (Å²) in [4.78, 5) is 10.4. The van der Waals surface area contributed by atoms with Gasteiger partial charge in [0.05, 0.1) is 0 Å². The highest BCUT2D eigenvalue weighted by Gasteiger charge is 1.95. The van der Waals surface area contributed by atoms with Crippen LogP contribution in [0.1, 0.15) is 20.8 Å². The maximum atomic E-state index is 10.4. The Hall–Kier alpha value is -1.18. The predicted octanol–water partition coefficient (Wildman–Crippen LogP) is 2.12. The number of allylic oxidation sites excluding steroid dienone is 4. The van der Waals surface area contributed by atoms with Gasteiger partial charge in [0.1, 0.15) is 6.29 Å². The van der Waals surface area contributed by atoms with Gasteiger partial charge in [-0.15, -0.1) is 0 Å². The molecule has 0 aromatic heterocycles. The van der Waals surface area contributed by atoms with Crippen LogP contribution in [0.15, 0.2) is 23.3 Å². The standard InChI is InChI=1S/C9H13NO/c1-4-9(6-11)7(2)5-8(3)10/h4-6,10H,1-3H3/b7-5-,9-4-,10-8?. The maximum absolute atomic E-state index is 10.4.